The molecule has 1 aromatic heterocycles. The third-order valence-corrected chi connectivity index (χ3v) is 4.88. The van der Waals surface area contributed by atoms with Crippen molar-refractivity contribution in [3.05, 3.63) is 60.1 Å². The van der Waals surface area contributed by atoms with Gasteiger partial charge in [-0.15, -0.1) is 0 Å². The van der Waals surface area contributed by atoms with Crippen molar-refractivity contribution in [2.75, 3.05) is 53.4 Å². The van der Waals surface area contributed by atoms with Gasteiger partial charge in [-0.2, -0.15) is 0 Å². The zero-order chi connectivity index (χ0) is 19.8. The van der Waals surface area contributed by atoms with Gasteiger partial charge in [0.2, 0.25) is 0 Å². The van der Waals surface area contributed by atoms with Crippen LogP contribution in [0.3, 0.4) is 0 Å². The Balaban J connectivity index is 1.40. The van der Waals surface area contributed by atoms with E-state index < -0.39 is 0 Å². The topological polar surface area (TPSA) is 64.3 Å². The molecule has 1 aromatic carbocycles. The van der Waals surface area contributed by atoms with Crippen LogP contribution in [0.25, 0.3) is 0 Å². The summed E-state index contributed by atoms with van der Waals surface area (Å²) in [6.45, 7) is 5.50. The molecule has 3 rings (SSSR count). The van der Waals surface area contributed by atoms with Crippen LogP contribution in [0.1, 0.15) is 16.1 Å². The number of likely N-dealkylation sites (N-methyl/N-ethyl adjacent to an activating group) is 1. The lowest BCUT2D eigenvalue weighted by Crippen LogP contribution is -2.54. The van der Waals surface area contributed by atoms with Gasteiger partial charge in [-0.25, -0.2) is 0 Å². The maximum atomic E-state index is 12.4. The lowest BCUT2D eigenvalue weighted by molar-refractivity contribution is 0.0657. The van der Waals surface area contributed by atoms with Gasteiger partial charge < -0.3 is 24.4 Å². The standard InChI is InChI=1S/C21H29N5O2/c1-22-21(23-10-11-24(2)17-18-7-4-3-5-8-18)26-14-12-25(13-15-26)20(27)19-9-6-16-28-19/h3-9,16H,10-15,17H2,1-2H3,(H,22,23). The van der Waals surface area contributed by atoms with Gasteiger partial charge in [0.1, 0.15) is 0 Å². The fourth-order valence-corrected chi connectivity index (χ4v) is 3.34. The van der Waals surface area contributed by atoms with Crippen molar-refractivity contribution in [1.29, 1.82) is 0 Å². The summed E-state index contributed by atoms with van der Waals surface area (Å²) >= 11 is 0. The van der Waals surface area contributed by atoms with Crippen LogP contribution in [0, 0.1) is 0 Å². The Hall–Kier alpha value is -2.80. The summed E-state index contributed by atoms with van der Waals surface area (Å²) in [6, 6.07) is 13.9. The molecule has 2 heterocycles. The van der Waals surface area contributed by atoms with Gasteiger partial charge in [0, 0.05) is 52.9 Å². The van der Waals surface area contributed by atoms with E-state index in [0.29, 0.717) is 18.8 Å². The summed E-state index contributed by atoms with van der Waals surface area (Å²) in [7, 11) is 3.92. The van der Waals surface area contributed by atoms with E-state index in [1.54, 1.807) is 19.2 Å². The summed E-state index contributed by atoms with van der Waals surface area (Å²) in [5.41, 5.74) is 1.31. The fraction of sp³-hybridized carbons (Fsp3) is 0.429. The van der Waals surface area contributed by atoms with Gasteiger partial charge in [-0.05, 0) is 24.7 Å². The molecule has 7 heteroatoms. The fourth-order valence-electron chi connectivity index (χ4n) is 3.34. The van der Waals surface area contributed by atoms with Crippen molar-refractivity contribution in [3.63, 3.8) is 0 Å². The van der Waals surface area contributed by atoms with Crippen molar-refractivity contribution in [2.45, 2.75) is 6.54 Å². The number of nitrogens with zero attached hydrogens (tertiary/aromatic N) is 4. The van der Waals surface area contributed by atoms with E-state index in [1.165, 1.54) is 11.8 Å². The largest absolute Gasteiger partial charge is 0.459 e. The molecule has 28 heavy (non-hydrogen) atoms. The number of amides is 1. The quantitative estimate of drug-likeness (QED) is 0.608. The van der Waals surface area contributed by atoms with Gasteiger partial charge in [0.25, 0.3) is 5.91 Å². The van der Waals surface area contributed by atoms with Gasteiger partial charge >= 0.3 is 0 Å². The van der Waals surface area contributed by atoms with Crippen LogP contribution in [-0.2, 0) is 6.54 Å². The lowest BCUT2D eigenvalue weighted by Gasteiger charge is -2.36. The van der Waals surface area contributed by atoms with E-state index in [-0.39, 0.29) is 5.91 Å². The molecule has 150 valence electrons. The van der Waals surface area contributed by atoms with Crippen molar-refractivity contribution >= 4 is 11.9 Å². The van der Waals surface area contributed by atoms with Crippen LogP contribution >= 0.6 is 0 Å². The first-order chi connectivity index (χ1) is 13.7. The molecular formula is C21H29N5O2. The van der Waals surface area contributed by atoms with Crippen molar-refractivity contribution < 1.29 is 9.21 Å². The second kappa shape index (κ2) is 9.94. The Labute approximate surface area is 166 Å². The summed E-state index contributed by atoms with van der Waals surface area (Å²) in [6.07, 6.45) is 1.53. The molecule has 0 saturated carbocycles. The predicted molar refractivity (Wildman–Crippen MR) is 110 cm³/mol. The first-order valence-electron chi connectivity index (χ1n) is 9.68. The number of aliphatic imine (C=N–C) groups is 1. The van der Waals surface area contributed by atoms with E-state index >= 15 is 0 Å². The molecular weight excluding hydrogens is 354 g/mol. The van der Waals surface area contributed by atoms with Crippen molar-refractivity contribution in [1.82, 2.24) is 20.0 Å². The molecule has 0 bridgehead atoms. The second-order valence-corrected chi connectivity index (χ2v) is 6.95. The molecule has 1 aliphatic rings. The highest BCUT2D eigenvalue weighted by Gasteiger charge is 2.25. The van der Waals surface area contributed by atoms with E-state index in [4.69, 9.17) is 4.42 Å². The van der Waals surface area contributed by atoms with Crippen LogP contribution in [0.4, 0.5) is 0 Å². The molecule has 0 radical (unpaired) electrons. The number of carbonyl (C=O) groups excluding carboxylic acids is 1. The summed E-state index contributed by atoms with van der Waals surface area (Å²) in [5, 5.41) is 3.44. The molecule has 0 atom stereocenters. The third kappa shape index (κ3) is 5.36. The summed E-state index contributed by atoms with van der Waals surface area (Å²) in [5.74, 6) is 1.24. The molecule has 0 spiro atoms. The van der Waals surface area contributed by atoms with Gasteiger partial charge in [-0.3, -0.25) is 9.79 Å². The minimum Gasteiger partial charge on any atom is -0.459 e. The monoisotopic (exact) mass is 383 g/mol. The van der Waals surface area contributed by atoms with Crippen LogP contribution in [-0.4, -0.2) is 79.9 Å². The lowest BCUT2D eigenvalue weighted by atomic mass is 10.2. The number of rotatable bonds is 6. The summed E-state index contributed by atoms with van der Waals surface area (Å²) in [4.78, 5) is 23.1. The van der Waals surface area contributed by atoms with Gasteiger partial charge in [0.15, 0.2) is 11.7 Å². The van der Waals surface area contributed by atoms with E-state index in [0.717, 1.165) is 38.7 Å². The molecule has 1 N–H and O–H groups in total. The van der Waals surface area contributed by atoms with Crippen LogP contribution < -0.4 is 5.32 Å². The third-order valence-electron chi connectivity index (χ3n) is 4.88. The van der Waals surface area contributed by atoms with E-state index in [2.05, 4.69) is 51.4 Å². The average molecular weight is 383 g/mol. The highest BCUT2D eigenvalue weighted by Crippen LogP contribution is 2.09. The maximum Gasteiger partial charge on any atom is 0.289 e. The number of nitrogens with one attached hydrogen (secondary N) is 1. The number of hydrogen-bond donors (Lipinski definition) is 1. The second-order valence-electron chi connectivity index (χ2n) is 6.95. The van der Waals surface area contributed by atoms with Crippen molar-refractivity contribution in [3.8, 4) is 0 Å². The normalized spacial score (nSPS) is 15.2. The predicted octanol–water partition coefficient (Wildman–Crippen LogP) is 1.74. The number of piperazine rings is 1. The molecule has 1 saturated heterocycles. The Bertz CT molecular complexity index is 752. The zero-order valence-electron chi connectivity index (χ0n) is 16.7. The summed E-state index contributed by atoms with van der Waals surface area (Å²) < 4.78 is 5.22. The average Bonchev–Trinajstić information content (AvgIpc) is 3.26. The Kier molecular flexibility index (Phi) is 7.08. The number of hydrogen-bond acceptors (Lipinski definition) is 4. The maximum absolute atomic E-state index is 12.4. The molecule has 1 aliphatic heterocycles. The molecule has 0 aliphatic carbocycles. The van der Waals surface area contributed by atoms with Crippen molar-refractivity contribution in [2.24, 2.45) is 4.99 Å². The molecule has 1 fully saturated rings. The highest BCUT2D eigenvalue weighted by atomic mass is 16.3. The highest BCUT2D eigenvalue weighted by molar-refractivity contribution is 5.91. The Morgan fingerprint density at radius 1 is 1.11 bits per heavy atom. The number of guanidine groups is 1. The molecule has 1 amide bonds. The smallest absolute Gasteiger partial charge is 0.289 e. The molecule has 0 unspecified atom stereocenters. The Morgan fingerprint density at radius 3 is 2.46 bits per heavy atom. The van der Waals surface area contributed by atoms with Crippen LogP contribution in [0.5, 0.6) is 0 Å². The number of benzene rings is 1. The van der Waals surface area contributed by atoms with E-state index in [1.807, 2.05) is 11.0 Å². The zero-order valence-corrected chi connectivity index (χ0v) is 16.7. The van der Waals surface area contributed by atoms with Gasteiger partial charge in [0.05, 0.1) is 6.26 Å². The Morgan fingerprint density at radius 2 is 1.82 bits per heavy atom. The molecule has 2 aromatic rings. The number of furan rings is 1. The first-order valence-corrected chi connectivity index (χ1v) is 9.68. The first kappa shape index (κ1) is 19.9. The van der Waals surface area contributed by atoms with Crippen LogP contribution in [0.15, 0.2) is 58.1 Å². The van der Waals surface area contributed by atoms with E-state index in [9.17, 15) is 4.79 Å². The molecule has 7 nitrogen and oxygen atoms in total. The SMILES string of the molecule is CN=C(NCCN(C)Cc1ccccc1)N1CCN(C(=O)c2ccco2)CC1. The van der Waals surface area contributed by atoms with Crippen LogP contribution in [0.2, 0.25) is 0 Å². The van der Waals surface area contributed by atoms with Gasteiger partial charge in [-0.1, -0.05) is 30.3 Å². The minimum atomic E-state index is -0.0462. The minimum absolute atomic E-state index is 0.0462. The number of carbonyl (C=O) groups is 1.